The molecule has 1 unspecified atom stereocenters. The Kier molecular flexibility index (Phi) is 5.83. The Morgan fingerprint density at radius 1 is 1.04 bits per heavy atom. The molecular weight excluding hydrogens is 296 g/mol. The van der Waals surface area contributed by atoms with Gasteiger partial charge >= 0.3 is 0 Å². The molecule has 1 atom stereocenters. The van der Waals surface area contributed by atoms with Crippen LogP contribution >= 0.6 is 0 Å². The van der Waals surface area contributed by atoms with E-state index in [0.717, 1.165) is 45.0 Å². The maximum absolute atomic E-state index is 4.64. The zero-order valence-corrected chi connectivity index (χ0v) is 14.8. The first kappa shape index (κ1) is 16.9. The fourth-order valence-electron chi connectivity index (χ4n) is 3.26. The van der Waals surface area contributed by atoms with Gasteiger partial charge < -0.3 is 10.2 Å². The molecular formula is C20H28N4. The Morgan fingerprint density at radius 3 is 2.42 bits per heavy atom. The third-order valence-corrected chi connectivity index (χ3v) is 4.71. The van der Waals surface area contributed by atoms with Crippen molar-refractivity contribution in [2.24, 2.45) is 0 Å². The summed E-state index contributed by atoms with van der Waals surface area (Å²) >= 11 is 0. The maximum atomic E-state index is 4.64. The number of anilines is 1. The number of benzene rings is 1. The molecule has 1 aliphatic rings. The van der Waals surface area contributed by atoms with Crippen LogP contribution in [-0.4, -0.2) is 42.6 Å². The van der Waals surface area contributed by atoms with Crippen molar-refractivity contribution in [3.8, 4) is 0 Å². The largest absolute Gasteiger partial charge is 0.368 e. The first-order valence-electron chi connectivity index (χ1n) is 8.97. The van der Waals surface area contributed by atoms with Crippen LogP contribution in [0.4, 0.5) is 5.69 Å². The van der Waals surface area contributed by atoms with Crippen molar-refractivity contribution >= 4 is 5.69 Å². The van der Waals surface area contributed by atoms with Crippen molar-refractivity contribution < 1.29 is 0 Å². The average molecular weight is 324 g/mol. The van der Waals surface area contributed by atoms with Gasteiger partial charge in [0.15, 0.2) is 0 Å². The Hall–Kier alpha value is -1.91. The van der Waals surface area contributed by atoms with E-state index < -0.39 is 0 Å². The Balaban J connectivity index is 1.53. The highest BCUT2D eigenvalue weighted by molar-refractivity contribution is 5.45. The first-order valence-corrected chi connectivity index (χ1v) is 8.97. The van der Waals surface area contributed by atoms with Gasteiger partial charge in [-0.15, -0.1) is 0 Å². The molecule has 128 valence electrons. The van der Waals surface area contributed by atoms with Crippen LogP contribution in [0.2, 0.25) is 0 Å². The number of pyridine rings is 1. The molecule has 1 aromatic heterocycles. The lowest BCUT2D eigenvalue weighted by Gasteiger charge is -2.36. The van der Waals surface area contributed by atoms with Gasteiger partial charge in [0, 0.05) is 38.8 Å². The minimum Gasteiger partial charge on any atom is -0.368 e. The van der Waals surface area contributed by atoms with E-state index in [2.05, 4.69) is 76.4 Å². The lowest BCUT2D eigenvalue weighted by atomic mass is 10.2. The standard InChI is InChI=1S/C20H28N4/c1-3-21-17(2)20-10-9-19(15-22-20)24-13-11-23(12-14-24)16-18-7-5-4-6-8-18/h4-10,15,17,21H,3,11-14,16H2,1-2H3. The molecule has 3 rings (SSSR count). The molecule has 1 aromatic carbocycles. The highest BCUT2D eigenvalue weighted by Gasteiger charge is 2.17. The van der Waals surface area contributed by atoms with E-state index in [1.807, 2.05) is 6.20 Å². The number of hydrogen-bond donors (Lipinski definition) is 1. The van der Waals surface area contributed by atoms with Gasteiger partial charge in [0.25, 0.3) is 0 Å². The van der Waals surface area contributed by atoms with E-state index in [1.165, 1.54) is 11.3 Å². The van der Waals surface area contributed by atoms with Gasteiger partial charge in [-0.3, -0.25) is 9.88 Å². The fraction of sp³-hybridized carbons (Fsp3) is 0.450. The van der Waals surface area contributed by atoms with Crippen molar-refractivity contribution in [2.45, 2.75) is 26.4 Å². The Labute approximate surface area is 145 Å². The smallest absolute Gasteiger partial charge is 0.0572 e. The third kappa shape index (κ3) is 4.34. The number of aromatic nitrogens is 1. The summed E-state index contributed by atoms with van der Waals surface area (Å²) < 4.78 is 0. The molecule has 0 bridgehead atoms. The van der Waals surface area contributed by atoms with E-state index in [9.17, 15) is 0 Å². The van der Waals surface area contributed by atoms with E-state index in [4.69, 9.17) is 0 Å². The topological polar surface area (TPSA) is 31.4 Å². The molecule has 1 N–H and O–H groups in total. The summed E-state index contributed by atoms with van der Waals surface area (Å²) in [7, 11) is 0. The van der Waals surface area contributed by atoms with E-state index >= 15 is 0 Å². The van der Waals surface area contributed by atoms with Crippen LogP contribution < -0.4 is 10.2 Å². The van der Waals surface area contributed by atoms with Gasteiger partial charge in [-0.2, -0.15) is 0 Å². The molecule has 0 aliphatic carbocycles. The quantitative estimate of drug-likeness (QED) is 0.885. The van der Waals surface area contributed by atoms with Crippen molar-refractivity contribution in [3.05, 3.63) is 59.9 Å². The van der Waals surface area contributed by atoms with Gasteiger partial charge in [0.1, 0.15) is 0 Å². The summed E-state index contributed by atoms with van der Waals surface area (Å²) in [4.78, 5) is 9.61. The van der Waals surface area contributed by atoms with Gasteiger partial charge in [-0.25, -0.2) is 0 Å². The predicted molar refractivity (Wildman–Crippen MR) is 100 cm³/mol. The van der Waals surface area contributed by atoms with Crippen LogP contribution in [0.5, 0.6) is 0 Å². The molecule has 0 radical (unpaired) electrons. The van der Waals surface area contributed by atoms with Crippen LogP contribution in [0.3, 0.4) is 0 Å². The van der Waals surface area contributed by atoms with Crippen molar-refractivity contribution in [1.82, 2.24) is 15.2 Å². The molecule has 1 aliphatic heterocycles. The van der Waals surface area contributed by atoms with Crippen LogP contribution in [-0.2, 0) is 6.54 Å². The SMILES string of the molecule is CCNC(C)c1ccc(N2CCN(Cc3ccccc3)CC2)cn1. The van der Waals surface area contributed by atoms with Crippen molar-refractivity contribution in [2.75, 3.05) is 37.6 Å². The lowest BCUT2D eigenvalue weighted by Crippen LogP contribution is -2.46. The number of hydrogen-bond acceptors (Lipinski definition) is 4. The van der Waals surface area contributed by atoms with E-state index in [-0.39, 0.29) is 0 Å². The fourth-order valence-corrected chi connectivity index (χ4v) is 3.26. The van der Waals surface area contributed by atoms with Crippen molar-refractivity contribution in [1.29, 1.82) is 0 Å². The van der Waals surface area contributed by atoms with Gasteiger partial charge in [-0.05, 0) is 31.2 Å². The van der Waals surface area contributed by atoms with Gasteiger partial charge in [-0.1, -0.05) is 37.3 Å². The molecule has 4 nitrogen and oxygen atoms in total. The highest BCUT2D eigenvalue weighted by atomic mass is 15.3. The zero-order valence-electron chi connectivity index (χ0n) is 14.8. The summed E-state index contributed by atoms with van der Waals surface area (Å²) in [6.45, 7) is 10.6. The second-order valence-electron chi connectivity index (χ2n) is 6.47. The molecule has 24 heavy (non-hydrogen) atoms. The van der Waals surface area contributed by atoms with Crippen LogP contribution in [0.25, 0.3) is 0 Å². The number of nitrogens with one attached hydrogen (secondary N) is 1. The van der Waals surface area contributed by atoms with E-state index in [0.29, 0.717) is 6.04 Å². The predicted octanol–water partition coefficient (Wildman–Crippen LogP) is 3.07. The summed E-state index contributed by atoms with van der Waals surface area (Å²) in [5.74, 6) is 0. The second kappa shape index (κ2) is 8.27. The molecule has 1 saturated heterocycles. The van der Waals surface area contributed by atoms with E-state index in [1.54, 1.807) is 0 Å². The normalized spacial score (nSPS) is 17.0. The monoisotopic (exact) mass is 324 g/mol. The summed E-state index contributed by atoms with van der Waals surface area (Å²) in [6, 6.07) is 15.4. The lowest BCUT2D eigenvalue weighted by molar-refractivity contribution is 0.250. The summed E-state index contributed by atoms with van der Waals surface area (Å²) in [6.07, 6.45) is 2.02. The highest BCUT2D eigenvalue weighted by Crippen LogP contribution is 2.19. The molecule has 4 heteroatoms. The maximum Gasteiger partial charge on any atom is 0.0572 e. The summed E-state index contributed by atoms with van der Waals surface area (Å²) in [5.41, 5.74) is 3.75. The molecule has 2 heterocycles. The molecule has 0 spiro atoms. The molecule has 0 amide bonds. The minimum atomic E-state index is 0.312. The van der Waals surface area contributed by atoms with Crippen LogP contribution in [0.15, 0.2) is 48.7 Å². The van der Waals surface area contributed by atoms with Gasteiger partial charge in [0.2, 0.25) is 0 Å². The Bertz CT molecular complexity index is 603. The molecule has 1 fully saturated rings. The second-order valence-corrected chi connectivity index (χ2v) is 6.47. The van der Waals surface area contributed by atoms with Crippen molar-refractivity contribution in [3.63, 3.8) is 0 Å². The summed E-state index contributed by atoms with van der Waals surface area (Å²) in [5, 5.41) is 3.41. The number of nitrogens with zero attached hydrogens (tertiary/aromatic N) is 3. The number of rotatable bonds is 6. The van der Waals surface area contributed by atoms with Crippen LogP contribution in [0.1, 0.15) is 31.1 Å². The molecule has 0 saturated carbocycles. The van der Waals surface area contributed by atoms with Crippen LogP contribution in [0, 0.1) is 0 Å². The average Bonchev–Trinajstić information content (AvgIpc) is 2.64. The Morgan fingerprint density at radius 2 is 1.79 bits per heavy atom. The first-order chi connectivity index (χ1) is 11.8. The minimum absolute atomic E-state index is 0.312. The van der Waals surface area contributed by atoms with Gasteiger partial charge in [0.05, 0.1) is 17.6 Å². The molecule has 2 aromatic rings. The number of piperazine rings is 1. The zero-order chi connectivity index (χ0) is 16.8. The third-order valence-electron chi connectivity index (χ3n) is 4.71.